The summed E-state index contributed by atoms with van der Waals surface area (Å²) in [5.41, 5.74) is 5.35. The summed E-state index contributed by atoms with van der Waals surface area (Å²) < 4.78 is 0. The fourth-order valence-electron chi connectivity index (χ4n) is 2.28. The molecule has 0 spiro atoms. The van der Waals surface area contributed by atoms with Gasteiger partial charge in [-0.05, 0) is 31.0 Å². The monoisotopic (exact) mass is 267 g/mol. The van der Waals surface area contributed by atoms with Gasteiger partial charge in [-0.3, -0.25) is 0 Å². The Morgan fingerprint density at radius 3 is 2.79 bits per heavy atom. The van der Waals surface area contributed by atoms with Gasteiger partial charge in [0.2, 0.25) is 0 Å². The Bertz CT molecular complexity index is 712. The van der Waals surface area contributed by atoms with Crippen LogP contribution in [0, 0.1) is 13.8 Å². The molecule has 0 bridgehead atoms. The van der Waals surface area contributed by atoms with Crippen molar-refractivity contribution in [3.05, 3.63) is 65.4 Å². The molecule has 0 aliphatic rings. The zero-order chi connectivity index (χ0) is 13.2. The lowest BCUT2D eigenvalue weighted by molar-refractivity contribution is 1.27. The van der Waals surface area contributed by atoms with Gasteiger partial charge in [-0.25, -0.2) is 0 Å². The van der Waals surface area contributed by atoms with Crippen molar-refractivity contribution in [1.82, 2.24) is 4.98 Å². The summed E-state index contributed by atoms with van der Waals surface area (Å²) >= 11 is 1.90. The highest BCUT2D eigenvalue weighted by Crippen LogP contribution is 2.31. The van der Waals surface area contributed by atoms with E-state index in [1.54, 1.807) is 0 Å². The van der Waals surface area contributed by atoms with E-state index >= 15 is 0 Å². The second kappa shape index (κ2) is 5.14. The van der Waals surface area contributed by atoms with Crippen molar-refractivity contribution in [2.24, 2.45) is 0 Å². The molecule has 0 atom stereocenters. The molecule has 0 amide bonds. The van der Waals surface area contributed by atoms with Crippen LogP contribution in [0.5, 0.6) is 0 Å². The van der Waals surface area contributed by atoms with Gasteiger partial charge in [0.25, 0.3) is 0 Å². The molecule has 96 valence electrons. The molecule has 1 heterocycles. The second-order valence-corrected chi connectivity index (χ2v) is 5.93. The van der Waals surface area contributed by atoms with Crippen LogP contribution in [0.1, 0.15) is 16.7 Å². The summed E-state index contributed by atoms with van der Waals surface area (Å²) in [7, 11) is 0. The molecule has 0 saturated heterocycles. The molecule has 0 unspecified atom stereocenters. The van der Waals surface area contributed by atoms with Crippen LogP contribution in [-0.4, -0.2) is 4.98 Å². The maximum absolute atomic E-state index is 3.33. The normalized spacial score (nSPS) is 11.1. The Hall–Kier alpha value is -1.67. The highest BCUT2D eigenvalue weighted by Gasteiger charge is 2.05. The molecule has 0 radical (unpaired) electrons. The first-order valence-corrected chi connectivity index (χ1v) is 7.47. The summed E-state index contributed by atoms with van der Waals surface area (Å²) in [6, 6.07) is 15.1. The van der Waals surface area contributed by atoms with Gasteiger partial charge >= 0.3 is 0 Å². The number of aromatic amines is 1. The van der Waals surface area contributed by atoms with Crippen molar-refractivity contribution in [1.29, 1.82) is 0 Å². The minimum Gasteiger partial charge on any atom is -0.360 e. The third-order valence-corrected chi connectivity index (χ3v) is 4.54. The Kier molecular flexibility index (Phi) is 3.34. The molecule has 0 aliphatic heterocycles. The number of aryl methyl sites for hydroxylation is 2. The van der Waals surface area contributed by atoms with E-state index in [9.17, 15) is 0 Å². The van der Waals surface area contributed by atoms with E-state index < -0.39 is 0 Å². The minimum absolute atomic E-state index is 1.02. The van der Waals surface area contributed by atoms with Crippen LogP contribution in [-0.2, 0) is 5.75 Å². The molecule has 0 fully saturated rings. The molecule has 3 rings (SSSR count). The lowest BCUT2D eigenvalue weighted by Crippen LogP contribution is -1.87. The first-order valence-electron chi connectivity index (χ1n) is 6.49. The SMILES string of the molecule is Cc1ccc(C)c(CSc2c[nH]c3ccccc23)c1. The summed E-state index contributed by atoms with van der Waals surface area (Å²) in [5.74, 6) is 1.02. The van der Waals surface area contributed by atoms with Crippen molar-refractivity contribution in [2.45, 2.75) is 24.5 Å². The van der Waals surface area contributed by atoms with Crippen molar-refractivity contribution in [3.8, 4) is 0 Å². The number of aromatic nitrogens is 1. The van der Waals surface area contributed by atoms with Crippen molar-refractivity contribution in [2.75, 3.05) is 0 Å². The quantitative estimate of drug-likeness (QED) is 0.654. The Morgan fingerprint density at radius 2 is 1.89 bits per heavy atom. The van der Waals surface area contributed by atoms with E-state index in [1.165, 1.54) is 32.5 Å². The standard InChI is InChI=1S/C17H17NS/c1-12-7-8-13(2)14(9-12)11-19-17-10-18-16-6-4-3-5-15(16)17/h3-10,18H,11H2,1-2H3. The van der Waals surface area contributed by atoms with Crippen molar-refractivity contribution < 1.29 is 0 Å². The van der Waals surface area contributed by atoms with Gasteiger partial charge in [-0.1, -0.05) is 42.0 Å². The van der Waals surface area contributed by atoms with Gasteiger partial charge in [-0.15, -0.1) is 11.8 Å². The summed E-state index contributed by atoms with van der Waals surface area (Å²) in [5, 5.41) is 1.32. The minimum atomic E-state index is 1.02. The lowest BCUT2D eigenvalue weighted by Gasteiger charge is -2.06. The lowest BCUT2D eigenvalue weighted by atomic mass is 10.1. The third kappa shape index (κ3) is 2.54. The van der Waals surface area contributed by atoms with Crippen LogP contribution in [0.3, 0.4) is 0 Å². The average molecular weight is 267 g/mol. The van der Waals surface area contributed by atoms with E-state index in [0.717, 1.165) is 5.75 Å². The summed E-state index contributed by atoms with van der Waals surface area (Å²) in [6.45, 7) is 4.34. The van der Waals surface area contributed by atoms with Crippen LogP contribution >= 0.6 is 11.8 Å². The number of hydrogen-bond acceptors (Lipinski definition) is 1. The highest BCUT2D eigenvalue weighted by molar-refractivity contribution is 7.98. The van der Waals surface area contributed by atoms with Gasteiger partial charge < -0.3 is 4.98 Å². The topological polar surface area (TPSA) is 15.8 Å². The fourth-order valence-corrected chi connectivity index (χ4v) is 3.37. The Balaban J connectivity index is 1.84. The number of nitrogens with one attached hydrogen (secondary N) is 1. The van der Waals surface area contributed by atoms with E-state index in [1.807, 2.05) is 11.8 Å². The molecular weight excluding hydrogens is 250 g/mol. The van der Waals surface area contributed by atoms with Crippen LogP contribution < -0.4 is 0 Å². The Morgan fingerprint density at radius 1 is 1.05 bits per heavy atom. The number of rotatable bonds is 3. The van der Waals surface area contributed by atoms with Gasteiger partial charge in [0, 0.05) is 27.7 Å². The molecule has 1 N–H and O–H groups in total. The first kappa shape index (κ1) is 12.4. The van der Waals surface area contributed by atoms with Crippen LogP contribution in [0.25, 0.3) is 10.9 Å². The first-order chi connectivity index (χ1) is 9.24. The largest absolute Gasteiger partial charge is 0.360 e. The van der Waals surface area contributed by atoms with E-state index in [-0.39, 0.29) is 0 Å². The molecular formula is C17H17NS. The number of para-hydroxylation sites is 1. The average Bonchev–Trinajstić information content (AvgIpc) is 2.83. The van der Waals surface area contributed by atoms with E-state index in [2.05, 4.69) is 67.5 Å². The Labute approximate surface area is 118 Å². The van der Waals surface area contributed by atoms with Crippen LogP contribution in [0.2, 0.25) is 0 Å². The zero-order valence-corrected chi connectivity index (χ0v) is 12.1. The molecule has 3 aromatic rings. The third-order valence-electron chi connectivity index (χ3n) is 3.44. The number of fused-ring (bicyclic) bond motifs is 1. The molecule has 2 aromatic carbocycles. The second-order valence-electron chi connectivity index (χ2n) is 4.92. The molecule has 1 aromatic heterocycles. The number of H-pyrrole nitrogens is 1. The summed E-state index contributed by atoms with van der Waals surface area (Å²) in [4.78, 5) is 4.66. The van der Waals surface area contributed by atoms with E-state index in [4.69, 9.17) is 0 Å². The van der Waals surface area contributed by atoms with Gasteiger partial charge in [0.15, 0.2) is 0 Å². The molecule has 0 saturated carbocycles. The molecule has 19 heavy (non-hydrogen) atoms. The number of benzene rings is 2. The van der Waals surface area contributed by atoms with Gasteiger partial charge in [0.05, 0.1) is 0 Å². The number of hydrogen-bond donors (Lipinski definition) is 1. The molecule has 0 aliphatic carbocycles. The molecule has 2 heteroatoms. The smallest absolute Gasteiger partial charge is 0.0465 e. The van der Waals surface area contributed by atoms with Crippen molar-refractivity contribution in [3.63, 3.8) is 0 Å². The van der Waals surface area contributed by atoms with Gasteiger partial charge in [0.1, 0.15) is 0 Å². The van der Waals surface area contributed by atoms with Crippen LogP contribution in [0.4, 0.5) is 0 Å². The predicted octanol–water partition coefficient (Wildman–Crippen LogP) is 5.08. The summed E-state index contributed by atoms with van der Waals surface area (Å²) in [6.07, 6.45) is 2.11. The maximum atomic E-state index is 3.33. The van der Waals surface area contributed by atoms with Gasteiger partial charge in [-0.2, -0.15) is 0 Å². The molecule has 1 nitrogen and oxygen atoms in total. The maximum Gasteiger partial charge on any atom is 0.0465 e. The predicted molar refractivity (Wildman–Crippen MR) is 83.8 cm³/mol. The van der Waals surface area contributed by atoms with E-state index in [0.29, 0.717) is 0 Å². The van der Waals surface area contributed by atoms with Crippen LogP contribution in [0.15, 0.2) is 53.6 Å². The van der Waals surface area contributed by atoms with Crippen molar-refractivity contribution >= 4 is 22.7 Å². The highest BCUT2D eigenvalue weighted by atomic mass is 32.2. The number of thioether (sulfide) groups is 1. The fraction of sp³-hybridized carbons (Fsp3) is 0.176. The zero-order valence-electron chi connectivity index (χ0n) is 11.2.